The van der Waals surface area contributed by atoms with Gasteiger partial charge in [-0.3, -0.25) is 19.2 Å². The highest BCUT2D eigenvalue weighted by Gasteiger charge is 2.32. The summed E-state index contributed by atoms with van der Waals surface area (Å²) in [7, 11) is 0. The van der Waals surface area contributed by atoms with Gasteiger partial charge < -0.3 is 10.2 Å². The Kier molecular flexibility index (Phi) is 10.6. The highest BCUT2D eigenvalue weighted by atomic mass is 32.1. The summed E-state index contributed by atoms with van der Waals surface area (Å²) in [6, 6.07) is 19.7. The smallest absolute Gasteiger partial charge is 0.416 e. The number of hydrogen-bond donors (Lipinski definition) is 2. The third-order valence-corrected chi connectivity index (χ3v) is 10.7. The van der Waals surface area contributed by atoms with Gasteiger partial charge in [-0.1, -0.05) is 36.4 Å². The molecule has 296 valence electrons. The van der Waals surface area contributed by atoms with Crippen molar-refractivity contribution in [2.75, 3.05) is 0 Å². The molecule has 8 rings (SSSR count). The van der Waals surface area contributed by atoms with Crippen LogP contribution in [0.25, 0.3) is 42.0 Å². The van der Waals surface area contributed by atoms with Crippen molar-refractivity contribution < 1.29 is 46.1 Å². The van der Waals surface area contributed by atoms with Crippen molar-refractivity contribution in [1.29, 1.82) is 0 Å². The molecule has 0 saturated heterocycles. The van der Waals surface area contributed by atoms with Crippen LogP contribution in [0.3, 0.4) is 0 Å². The summed E-state index contributed by atoms with van der Waals surface area (Å²) in [5.41, 5.74) is -1.63. The summed E-state index contributed by atoms with van der Waals surface area (Å²) in [6.07, 6.45) is -9.67. The number of aliphatic carboxylic acids is 2. The summed E-state index contributed by atoms with van der Waals surface area (Å²) in [5.74, 6) is -2.18. The lowest BCUT2D eigenvalue weighted by Crippen LogP contribution is -2.26. The van der Waals surface area contributed by atoms with E-state index in [0.717, 1.165) is 56.3 Å². The Labute approximate surface area is 327 Å². The molecule has 4 aromatic carbocycles. The van der Waals surface area contributed by atoms with Gasteiger partial charge in [0.2, 0.25) is 0 Å². The molecule has 0 unspecified atom stereocenters. The van der Waals surface area contributed by atoms with Crippen LogP contribution in [0.15, 0.2) is 94.5 Å². The first kappa shape index (κ1) is 39.7. The summed E-state index contributed by atoms with van der Waals surface area (Å²) in [4.78, 5) is 56.2. The molecule has 58 heavy (non-hydrogen) atoms. The Morgan fingerprint density at radius 3 is 1.28 bits per heavy atom. The molecule has 2 N–H and O–H groups in total. The normalized spacial score (nSPS) is 12.0. The van der Waals surface area contributed by atoms with Crippen LogP contribution >= 0.6 is 22.7 Å². The number of aromatic nitrogens is 6. The number of hydrogen-bond acceptors (Lipinski definition) is 10. The number of nitrogens with zero attached hydrogens (tertiary/aromatic N) is 6. The topological polar surface area (TPSA) is 170 Å². The second-order valence-corrected chi connectivity index (χ2v) is 14.9. The Bertz CT molecular complexity index is 2830. The lowest BCUT2D eigenvalue weighted by atomic mass is 10.1. The molecule has 0 radical (unpaired) electrons. The number of carboxylic acids is 2. The van der Waals surface area contributed by atoms with Crippen LogP contribution in [0.5, 0.6) is 0 Å². The number of alkyl halides is 6. The summed E-state index contributed by atoms with van der Waals surface area (Å²) < 4.78 is 80.6. The van der Waals surface area contributed by atoms with Gasteiger partial charge in [0, 0.05) is 10.8 Å². The largest absolute Gasteiger partial charge is 0.481 e. The van der Waals surface area contributed by atoms with Crippen LogP contribution in [0.4, 0.5) is 26.3 Å². The average Bonchev–Trinajstić information content (AvgIpc) is 3.77. The number of carboxylic acid groups (broad SMARTS) is 2. The standard InChI is InChI=1S/2C19H12F3N3O3S/c2*20-19(21,22)10-5-6-15-14(7-10)23-16(29-15)9-25-18(28)12-4-2-1-3-11(12)13(24-25)8-17(26)27/h2*1-7H,8-9H2,(H,26,27). The van der Waals surface area contributed by atoms with Crippen LogP contribution in [0, 0.1) is 0 Å². The van der Waals surface area contributed by atoms with E-state index in [1.807, 2.05) is 0 Å². The Hall–Kier alpha value is -6.54. The van der Waals surface area contributed by atoms with Crippen LogP contribution in [0.1, 0.15) is 32.5 Å². The van der Waals surface area contributed by atoms with Crippen molar-refractivity contribution in [3.8, 4) is 0 Å². The van der Waals surface area contributed by atoms with E-state index in [2.05, 4.69) is 20.2 Å². The van der Waals surface area contributed by atoms with Gasteiger partial charge in [-0.15, -0.1) is 22.7 Å². The molecule has 8 aromatic rings. The maximum absolute atomic E-state index is 12.9. The van der Waals surface area contributed by atoms with Gasteiger partial charge in [0.05, 0.1) is 79.7 Å². The maximum atomic E-state index is 12.9. The van der Waals surface area contributed by atoms with Crippen molar-refractivity contribution in [2.45, 2.75) is 38.3 Å². The van der Waals surface area contributed by atoms with Crippen molar-refractivity contribution >= 4 is 76.6 Å². The second kappa shape index (κ2) is 15.4. The fourth-order valence-corrected chi connectivity index (χ4v) is 7.93. The number of halogens is 6. The molecular formula is C38H24F6N6O6S2. The van der Waals surface area contributed by atoms with Crippen molar-refractivity contribution in [1.82, 2.24) is 29.5 Å². The molecule has 12 nitrogen and oxygen atoms in total. The molecule has 4 heterocycles. The van der Waals surface area contributed by atoms with Gasteiger partial charge in [0.15, 0.2) is 0 Å². The number of carbonyl (C=O) groups is 2. The van der Waals surface area contributed by atoms with Gasteiger partial charge in [-0.25, -0.2) is 19.3 Å². The molecule has 4 aromatic heterocycles. The van der Waals surface area contributed by atoms with Crippen molar-refractivity contribution in [3.05, 3.63) is 138 Å². The van der Waals surface area contributed by atoms with Crippen molar-refractivity contribution in [2.24, 2.45) is 0 Å². The van der Waals surface area contributed by atoms with E-state index in [1.165, 1.54) is 12.1 Å². The lowest BCUT2D eigenvalue weighted by Gasteiger charge is -2.08. The highest BCUT2D eigenvalue weighted by molar-refractivity contribution is 7.18. The number of rotatable bonds is 8. The van der Waals surface area contributed by atoms with E-state index >= 15 is 0 Å². The summed E-state index contributed by atoms with van der Waals surface area (Å²) in [5, 5.41) is 28.9. The molecule has 0 spiro atoms. The molecule has 0 fully saturated rings. The van der Waals surface area contributed by atoms with Crippen LogP contribution < -0.4 is 11.1 Å². The predicted octanol–water partition coefficient (Wildman–Crippen LogP) is 7.40. The van der Waals surface area contributed by atoms with E-state index in [4.69, 9.17) is 10.2 Å². The fraction of sp³-hybridized carbons (Fsp3) is 0.158. The average molecular weight is 839 g/mol. The maximum Gasteiger partial charge on any atom is 0.416 e. The molecule has 20 heteroatoms. The van der Waals surface area contributed by atoms with Gasteiger partial charge in [-0.2, -0.15) is 36.5 Å². The fourth-order valence-electron chi connectivity index (χ4n) is 6.07. The molecule has 0 aliphatic carbocycles. The van der Waals surface area contributed by atoms with E-state index < -0.39 is 46.5 Å². The first-order valence-electron chi connectivity index (χ1n) is 16.8. The van der Waals surface area contributed by atoms with Crippen LogP contribution in [0.2, 0.25) is 0 Å². The van der Waals surface area contributed by atoms with E-state index in [0.29, 0.717) is 41.0 Å². The molecule has 0 aliphatic rings. The van der Waals surface area contributed by atoms with E-state index in [9.17, 15) is 45.5 Å². The van der Waals surface area contributed by atoms with Gasteiger partial charge in [0.25, 0.3) is 11.1 Å². The van der Waals surface area contributed by atoms with Gasteiger partial charge in [-0.05, 0) is 48.5 Å². The first-order valence-corrected chi connectivity index (χ1v) is 18.4. The lowest BCUT2D eigenvalue weighted by molar-refractivity contribution is -0.138. The molecule has 0 saturated carbocycles. The third kappa shape index (κ3) is 8.42. The number of fused-ring (bicyclic) bond motifs is 4. The minimum Gasteiger partial charge on any atom is -0.481 e. The number of benzene rings is 4. The predicted molar refractivity (Wildman–Crippen MR) is 202 cm³/mol. The zero-order valence-corrected chi connectivity index (χ0v) is 30.8. The summed E-state index contributed by atoms with van der Waals surface area (Å²) >= 11 is 2.30. The third-order valence-electron chi connectivity index (χ3n) is 8.61. The zero-order valence-electron chi connectivity index (χ0n) is 29.2. The first-order chi connectivity index (χ1) is 27.4. The minimum absolute atomic E-state index is 0.0724. The molecule has 0 aliphatic heterocycles. The van der Waals surface area contributed by atoms with E-state index in [-0.39, 0.29) is 48.4 Å². The second-order valence-electron chi connectivity index (χ2n) is 12.6. The zero-order chi connectivity index (χ0) is 41.5. The SMILES string of the molecule is O=C(O)Cc1nn(Cc2nc3cc(C(F)(F)F)ccc3s2)c(=O)c2ccccc12.O=C(O)Cc1nn(Cc2nc3cc(C(F)(F)F)ccc3s2)c(=O)c2ccccc12. The number of thiazole rings is 2. The highest BCUT2D eigenvalue weighted by Crippen LogP contribution is 2.34. The van der Waals surface area contributed by atoms with E-state index in [1.54, 1.807) is 48.5 Å². The monoisotopic (exact) mass is 838 g/mol. The Morgan fingerprint density at radius 2 is 0.931 bits per heavy atom. The quantitative estimate of drug-likeness (QED) is 0.147. The van der Waals surface area contributed by atoms with Crippen LogP contribution in [-0.2, 0) is 47.9 Å². The minimum atomic E-state index is -4.47. The molecule has 0 atom stereocenters. The van der Waals surface area contributed by atoms with Gasteiger partial charge in [0.1, 0.15) is 10.0 Å². The van der Waals surface area contributed by atoms with Crippen molar-refractivity contribution in [3.63, 3.8) is 0 Å². The Balaban J connectivity index is 0.000000177. The van der Waals surface area contributed by atoms with Gasteiger partial charge >= 0.3 is 24.3 Å². The van der Waals surface area contributed by atoms with Crippen LogP contribution in [-0.4, -0.2) is 51.7 Å². The Morgan fingerprint density at radius 1 is 0.569 bits per heavy atom. The molecule has 0 bridgehead atoms. The molecular weight excluding hydrogens is 815 g/mol. The summed E-state index contributed by atoms with van der Waals surface area (Å²) in [6.45, 7) is -0.145. The molecule has 0 amide bonds.